The largest absolute Gasteiger partial charge is 0.497 e. The molecule has 1 aromatic heterocycles. The van der Waals surface area contributed by atoms with Gasteiger partial charge in [0.1, 0.15) is 5.75 Å². The number of carbonyl (C=O) groups excluding carboxylic acids is 1. The second-order valence-corrected chi connectivity index (χ2v) is 7.55. The molecule has 8 nitrogen and oxygen atoms in total. The van der Waals surface area contributed by atoms with Crippen LogP contribution in [0.1, 0.15) is 23.5 Å². The Bertz CT molecular complexity index is 1320. The number of fused-ring (bicyclic) bond motifs is 1. The number of nitrogens with one attached hydrogen (secondary N) is 3. The van der Waals surface area contributed by atoms with Gasteiger partial charge in [0, 0.05) is 16.8 Å². The van der Waals surface area contributed by atoms with Gasteiger partial charge in [-0.05, 0) is 67.1 Å². The molecule has 0 aliphatic rings. The van der Waals surface area contributed by atoms with Gasteiger partial charge in [-0.2, -0.15) is 10.4 Å². The van der Waals surface area contributed by atoms with Gasteiger partial charge in [0.2, 0.25) is 5.91 Å². The van der Waals surface area contributed by atoms with E-state index in [0.717, 1.165) is 22.2 Å². The topological polar surface area (TPSA) is 129 Å². The Morgan fingerprint density at radius 2 is 2.00 bits per heavy atom. The second kappa shape index (κ2) is 9.85. The smallest absolute Gasteiger partial charge is 0.231 e. The minimum Gasteiger partial charge on any atom is -0.497 e. The van der Waals surface area contributed by atoms with Crippen LogP contribution in [0.3, 0.4) is 0 Å². The zero-order chi connectivity index (χ0) is 23.2. The average Bonchev–Trinajstić information content (AvgIpc) is 3.24. The highest BCUT2D eigenvalue weighted by atomic mass is 16.5. The Hall–Kier alpha value is -4.35. The van der Waals surface area contributed by atoms with Gasteiger partial charge in [0.25, 0.3) is 0 Å². The first-order valence-corrected chi connectivity index (χ1v) is 10.5. The summed E-state index contributed by atoms with van der Waals surface area (Å²) in [6.07, 6.45) is 0.509. The van der Waals surface area contributed by atoms with E-state index >= 15 is 0 Å². The fourth-order valence-corrected chi connectivity index (χ4v) is 3.69. The van der Waals surface area contributed by atoms with Crippen LogP contribution in [0, 0.1) is 11.3 Å². The van der Waals surface area contributed by atoms with E-state index < -0.39 is 5.92 Å². The molecule has 0 aliphatic heterocycles. The summed E-state index contributed by atoms with van der Waals surface area (Å²) in [5.41, 5.74) is 9.40. The van der Waals surface area contributed by atoms with Gasteiger partial charge in [0.05, 0.1) is 30.2 Å². The van der Waals surface area contributed by atoms with Crippen molar-refractivity contribution in [3.05, 3.63) is 77.9 Å². The first kappa shape index (κ1) is 21.9. The van der Waals surface area contributed by atoms with Gasteiger partial charge in [0.15, 0.2) is 5.82 Å². The highest BCUT2D eigenvalue weighted by Crippen LogP contribution is 2.29. The molecule has 0 spiro atoms. The molecule has 0 saturated carbocycles. The molecule has 166 valence electrons. The maximum atomic E-state index is 13.1. The predicted octanol–water partition coefficient (Wildman–Crippen LogP) is 4.26. The summed E-state index contributed by atoms with van der Waals surface area (Å²) < 4.78 is 5.30. The lowest BCUT2D eigenvalue weighted by atomic mass is 9.94. The van der Waals surface area contributed by atoms with Crippen LogP contribution >= 0.6 is 0 Å². The molecule has 1 amide bonds. The maximum absolute atomic E-state index is 13.1. The monoisotopic (exact) mass is 440 g/mol. The Labute approximate surface area is 191 Å². The third-order valence-electron chi connectivity index (χ3n) is 5.35. The highest BCUT2D eigenvalue weighted by Gasteiger charge is 2.21. The number of nitriles is 1. The van der Waals surface area contributed by atoms with Crippen LogP contribution in [-0.2, 0) is 4.79 Å². The van der Waals surface area contributed by atoms with Crippen molar-refractivity contribution in [2.75, 3.05) is 24.3 Å². The lowest BCUT2D eigenvalue weighted by Gasteiger charge is -2.17. The van der Waals surface area contributed by atoms with Crippen molar-refractivity contribution in [1.29, 1.82) is 5.26 Å². The molecule has 5 N–H and O–H groups in total. The lowest BCUT2D eigenvalue weighted by molar-refractivity contribution is -0.117. The number of rotatable bonds is 8. The number of amides is 1. The number of aromatic nitrogens is 2. The molecule has 0 bridgehead atoms. The van der Waals surface area contributed by atoms with E-state index in [1.165, 1.54) is 0 Å². The molecule has 1 unspecified atom stereocenters. The van der Waals surface area contributed by atoms with Gasteiger partial charge >= 0.3 is 0 Å². The van der Waals surface area contributed by atoms with Crippen LogP contribution in [0.4, 0.5) is 17.2 Å². The third-order valence-corrected chi connectivity index (χ3v) is 5.35. The van der Waals surface area contributed by atoms with E-state index in [4.69, 9.17) is 15.7 Å². The van der Waals surface area contributed by atoms with Crippen molar-refractivity contribution >= 4 is 34.0 Å². The Kier molecular flexibility index (Phi) is 6.53. The molecule has 1 atom stereocenters. The van der Waals surface area contributed by atoms with Gasteiger partial charge in [-0.3, -0.25) is 9.89 Å². The van der Waals surface area contributed by atoms with Gasteiger partial charge in [-0.15, -0.1) is 0 Å². The molecule has 8 heteroatoms. The van der Waals surface area contributed by atoms with Crippen molar-refractivity contribution in [1.82, 2.24) is 10.2 Å². The first-order valence-electron chi connectivity index (χ1n) is 10.5. The summed E-state index contributed by atoms with van der Waals surface area (Å²) in [4.78, 5) is 13.1. The summed E-state index contributed by atoms with van der Waals surface area (Å²) in [5.74, 6) is 0.741. The second-order valence-electron chi connectivity index (χ2n) is 7.55. The fraction of sp³-hybridized carbons (Fsp3) is 0.160. The number of nitrogens with zero attached hydrogens (tertiary/aromatic N) is 2. The average molecular weight is 441 g/mol. The molecule has 0 saturated heterocycles. The number of H-pyrrole nitrogens is 1. The van der Waals surface area contributed by atoms with Gasteiger partial charge in [-0.25, -0.2) is 0 Å². The van der Waals surface area contributed by atoms with Crippen LogP contribution in [0.25, 0.3) is 10.9 Å². The molecule has 4 aromatic rings. The molecule has 1 heterocycles. The Balaban J connectivity index is 1.58. The zero-order valence-corrected chi connectivity index (χ0v) is 18.1. The molecule has 33 heavy (non-hydrogen) atoms. The Morgan fingerprint density at radius 1 is 1.15 bits per heavy atom. The van der Waals surface area contributed by atoms with Crippen LogP contribution in [-0.4, -0.2) is 29.8 Å². The SMILES string of the molecule is COc1cccc(C(CCN)C(=O)Nc2ccc3[nH]nc(Nc4cccc(C#N)c4)c3c2)c1. The number of hydrogen-bond donors (Lipinski definition) is 4. The zero-order valence-electron chi connectivity index (χ0n) is 18.1. The lowest BCUT2D eigenvalue weighted by Crippen LogP contribution is -2.23. The molecule has 0 fully saturated rings. The fourth-order valence-electron chi connectivity index (χ4n) is 3.69. The Morgan fingerprint density at radius 3 is 2.79 bits per heavy atom. The molecule has 0 radical (unpaired) electrons. The summed E-state index contributed by atoms with van der Waals surface area (Å²) in [6.45, 7) is 0.381. The first-order chi connectivity index (χ1) is 16.1. The molecule has 4 rings (SSSR count). The molecule has 0 aliphatic carbocycles. The minimum atomic E-state index is -0.406. The molecular weight excluding hydrogens is 416 g/mol. The maximum Gasteiger partial charge on any atom is 0.231 e. The standard InChI is InChI=1S/C25H24N6O2/c1-33-20-7-3-5-17(13-20)21(10-11-26)25(32)29-19-8-9-23-22(14-19)24(31-30-23)28-18-6-2-4-16(12-18)15-27/h2-9,12-14,21H,10-11,26H2,1H3,(H,29,32)(H2,28,30,31). The van der Waals surface area contributed by atoms with Crippen molar-refractivity contribution < 1.29 is 9.53 Å². The van der Waals surface area contributed by atoms with Crippen LogP contribution in [0.15, 0.2) is 66.7 Å². The number of carbonyl (C=O) groups is 1. The molecule has 3 aromatic carbocycles. The third kappa shape index (κ3) is 4.95. The van der Waals surface area contributed by atoms with Crippen LogP contribution < -0.4 is 21.1 Å². The van der Waals surface area contributed by atoms with E-state index in [9.17, 15) is 4.79 Å². The summed E-state index contributed by atoms with van der Waals surface area (Å²) in [6, 6.07) is 22.3. The van der Waals surface area contributed by atoms with E-state index in [1.54, 1.807) is 25.3 Å². The number of aromatic amines is 1. The van der Waals surface area contributed by atoms with Crippen molar-refractivity contribution in [3.63, 3.8) is 0 Å². The number of benzene rings is 3. The van der Waals surface area contributed by atoms with Crippen molar-refractivity contribution in [3.8, 4) is 11.8 Å². The van der Waals surface area contributed by atoms with E-state index in [-0.39, 0.29) is 5.91 Å². The number of ether oxygens (including phenoxy) is 1. The quantitative estimate of drug-likeness (QED) is 0.324. The van der Waals surface area contributed by atoms with Crippen LogP contribution in [0.5, 0.6) is 5.75 Å². The summed E-state index contributed by atoms with van der Waals surface area (Å²) in [7, 11) is 1.60. The number of anilines is 3. The number of hydrogen-bond acceptors (Lipinski definition) is 6. The van der Waals surface area contributed by atoms with Gasteiger partial charge in [-0.1, -0.05) is 18.2 Å². The molecular formula is C25H24N6O2. The predicted molar refractivity (Wildman–Crippen MR) is 129 cm³/mol. The highest BCUT2D eigenvalue weighted by molar-refractivity contribution is 6.00. The summed E-state index contributed by atoms with van der Waals surface area (Å²) >= 11 is 0. The van der Waals surface area contributed by atoms with E-state index in [1.807, 2.05) is 48.5 Å². The van der Waals surface area contributed by atoms with E-state index in [2.05, 4.69) is 26.9 Å². The minimum absolute atomic E-state index is 0.146. The van der Waals surface area contributed by atoms with Crippen molar-refractivity contribution in [2.24, 2.45) is 5.73 Å². The normalized spacial score (nSPS) is 11.5. The van der Waals surface area contributed by atoms with Gasteiger partial charge < -0.3 is 21.1 Å². The summed E-state index contributed by atoms with van der Waals surface area (Å²) in [5, 5.41) is 23.5. The van der Waals surface area contributed by atoms with E-state index in [0.29, 0.717) is 35.8 Å². The number of nitrogens with two attached hydrogens (primary N) is 1. The van der Waals surface area contributed by atoms with Crippen molar-refractivity contribution in [2.45, 2.75) is 12.3 Å². The number of methoxy groups -OCH3 is 1. The van der Waals surface area contributed by atoms with Crippen LogP contribution in [0.2, 0.25) is 0 Å².